The molecule has 0 spiro atoms. The smallest absolute Gasteiger partial charge is 0.310 e. The predicted molar refractivity (Wildman–Crippen MR) is 69.3 cm³/mol. The molecule has 0 aliphatic carbocycles. The predicted octanol–water partition coefficient (Wildman–Crippen LogP) is 1.09. The van der Waals surface area contributed by atoms with Crippen molar-refractivity contribution in [1.29, 1.82) is 0 Å². The lowest BCUT2D eigenvalue weighted by molar-refractivity contribution is -0.151. The molecule has 0 saturated carbocycles. The molecule has 104 valence electrons. The molecular weight excluding hydrogens is 232 g/mol. The first-order valence-electron chi connectivity index (χ1n) is 6.45. The maximum atomic E-state index is 11.9. The summed E-state index contributed by atoms with van der Waals surface area (Å²) in [5.74, 6) is -0.810. The van der Waals surface area contributed by atoms with E-state index in [0.29, 0.717) is 0 Å². The van der Waals surface area contributed by atoms with Gasteiger partial charge in [-0.15, -0.1) is 0 Å². The van der Waals surface area contributed by atoms with Gasteiger partial charge in [-0.25, -0.2) is 0 Å². The Labute approximate surface area is 109 Å². The number of hydrogen-bond donors (Lipinski definition) is 2. The molecule has 1 aliphatic rings. The minimum Gasteiger partial charge on any atom is -0.481 e. The zero-order valence-corrected chi connectivity index (χ0v) is 11.7. The van der Waals surface area contributed by atoms with Gasteiger partial charge in [0.25, 0.3) is 0 Å². The lowest BCUT2D eigenvalue weighted by Gasteiger charge is -2.39. The number of nitrogens with one attached hydrogen (secondary N) is 1. The van der Waals surface area contributed by atoms with Crippen molar-refractivity contribution in [3.8, 4) is 0 Å². The Kier molecular flexibility index (Phi) is 4.37. The molecule has 1 fully saturated rings. The number of hydrogen-bond acceptors (Lipinski definition) is 3. The van der Waals surface area contributed by atoms with Crippen molar-refractivity contribution in [2.45, 2.75) is 46.1 Å². The normalized spacial score (nSPS) is 17.0. The minimum atomic E-state index is -0.932. The number of carbonyl (C=O) groups is 2. The molecule has 1 rings (SSSR count). The van der Waals surface area contributed by atoms with Crippen LogP contribution in [0.5, 0.6) is 0 Å². The highest BCUT2D eigenvalue weighted by Gasteiger charge is 2.43. The van der Waals surface area contributed by atoms with Crippen molar-refractivity contribution in [1.82, 2.24) is 10.2 Å². The van der Waals surface area contributed by atoms with Crippen LogP contribution in [0.2, 0.25) is 0 Å². The topological polar surface area (TPSA) is 69.6 Å². The Morgan fingerprint density at radius 2 is 1.67 bits per heavy atom. The molecule has 0 atom stereocenters. The molecule has 0 aromatic heterocycles. The molecule has 0 aromatic rings. The first-order chi connectivity index (χ1) is 8.18. The van der Waals surface area contributed by atoms with E-state index in [9.17, 15) is 14.7 Å². The van der Waals surface area contributed by atoms with Crippen molar-refractivity contribution in [2.75, 3.05) is 19.6 Å². The van der Waals surface area contributed by atoms with Crippen LogP contribution in [0.25, 0.3) is 0 Å². The highest BCUT2D eigenvalue weighted by Crippen LogP contribution is 2.30. The second kappa shape index (κ2) is 5.26. The van der Waals surface area contributed by atoms with Gasteiger partial charge in [-0.1, -0.05) is 0 Å². The van der Waals surface area contributed by atoms with Gasteiger partial charge in [-0.3, -0.25) is 9.59 Å². The van der Waals surface area contributed by atoms with Gasteiger partial charge in [-0.05, 0) is 40.5 Å². The summed E-state index contributed by atoms with van der Waals surface area (Å²) in [7, 11) is 0. The third-order valence-corrected chi connectivity index (χ3v) is 4.24. The summed E-state index contributed by atoms with van der Waals surface area (Å²) < 4.78 is 0. The zero-order chi connectivity index (χ0) is 14.0. The number of likely N-dealkylation sites (tertiary alicyclic amines) is 1. The van der Waals surface area contributed by atoms with Gasteiger partial charge in [0.2, 0.25) is 5.91 Å². The van der Waals surface area contributed by atoms with Gasteiger partial charge in [0.05, 0.1) is 12.0 Å². The Balaban J connectivity index is 2.55. The summed E-state index contributed by atoms with van der Waals surface area (Å²) in [5, 5.41) is 12.3. The first-order valence-corrected chi connectivity index (χ1v) is 6.45. The van der Waals surface area contributed by atoms with E-state index in [-0.39, 0.29) is 12.5 Å². The highest BCUT2D eigenvalue weighted by molar-refractivity contribution is 5.79. The van der Waals surface area contributed by atoms with Crippen molar-refractivity contribution >= 4 is 11.9 Å². The second-order valence-corrected chi connectivity index (χ2v) is 6.00. The Bertz CT molecular complexity index is 331. The van der Waals surface area contributed by atoms with E-state index in [1.54, 1.807) is 13.8 Å². The molecule has 0 unspecified atom stereocenters. The second-order valence-electron chi connectivity index (χ2n) is 6.00. The van der Waals surface area contributed by atoms with Crippen molar-refractivity contribution in [3.05, 3.63) is 0 Å². The van der Waals surface area contributed by atoms with Gasteiger partial charge in [0, 0.05) is 18.6 Å². The Morgan fingerprint density at radius 3 is 2.11 bits per heavy atom. The molecule has 5 heteroatoms. The van der Waals surface area contributed by atoms with Crippen molar-refractivity contribution in [3.63, 3.8) is 0 Å². The molecule has 0 radical (unpaired) electrons. The fraction of sp³-hybridized carbons (Fsp3) is 0.846. The Morgan fingerprint density at radius 1 is 1.17 bits per heavy atom. The molecule has 0 bridgehead atoms. The summed E-state index contributed by atoms with van der Waals surface area (Å²) in [6.07, 6.45) is 2.13. The standard InChI is InChI=1S/C13H24N2O3/c1-12(2,11(17)18)13(3,4)14-9-10(16)15-7-5-6-8-15/h14H,5-9H2,1-4H3,(H,17,18). The summed E-state index contributed by atoms with van der Waals surface area (Å²) >= 11 is 0. The number of amides is 1. The van der Waals surface area contributed by atoms with Crippen LogP contribution in [0, 0.1) is 5.41 Å². The summed E-state index contributed by atoms with van der Waals surface area (Å²) in [6, 6.07) is 0. The van der Waals surface area contributed by atoms with Gasteiger partial charge in [0.1, 0.15) is 0 Å². The average Bonchev–Trinajstić information content (AvgIpc) is 2.78. The van der Waals surface area contributed by atoms with E-state index in [2.05, 4.69) is 5.32 Å². The molecule has 18 heavy (non-hydrogen) atoms. The van der Waals surface area contributed by atoms with E-state index >= 15 is 0 Å². The summed E-state index contributed by atoms with van der Waals surface area (Å²) in [5.41, 5.74) is -1.58. The molecule has 0 aromatic carbocycles. The number of carbonyl (C=O) groups excluding carboxylic acids is 1. The van der Waals surface area contributed by atoms with Crippen LogP contribution in [0.15, 0.2) is 0 Å². The van der Waals surface area contributed by atoms with Crippen LogP contribution < -0.4 is 5.32 Å². The zero-order valence-electron chi connectivity index (χ0n) is 11.7. The highest BCUT2D eigenvalue weighted by atomic mass is 16.4. The maximum absolute atomic E-state index is 11.9. The summed E-state index contributed by atoms with van der Waals surface area (Å²) in [6.45, 7) is 8.82. The molecule has 1 amide bonds. The van der Waals surface area contributed by atoms with Gasteiger partial charge in [0.15, 0.2) is 0 Å². The third-order valence-electron chi connectivity index (χ3n) is 4.24. The SMILES string of the molecule is CC(C)(NCC(=O)N1CCCC1)C(C)(C)C(=O)O. The number of rotatable bonds is 5. The number of carboxylic acid groups (broad SMARTS) is 1. The number of aliphatic carboxylic acids is 1. The van der Waals surface area contributed by atoms with Crippen molar-refractivity contribution < 1.29 is 14.7 Å². The van der Waals surface area contributed by atoms with Gasteiger partial charge in [-0.2, -0.15) is 0 Å². The molecule has 1 aliphatic heterocycles. The monoisotopic (exact) mass is 256 g/mol. The van der Waals surface area contributed by atoms with E-state index < -0.39 is 16.9 Å². The minimum absolute atomic E-state index is 0.0572. The van der Waals surface area contributed by atoms with Crippen LogP contribution in [0.3, 0.4) is 0 Å². The lowest BCUT2D eigenvalue weighted by atomic mass is 9.74. The molecule has 2 N–H and O–H groups in total. The molecule has 1 heterocycles. The Hall–Kier alpha value is -1.10. The molecular formula is C13H24N2O3. The quantitative estimate of drug-likeness (QED) is 0.772. The summed E-state index contributed by atoms with van der Waals surface area (Å²) in [4.78, 5) is 25.0. The largest absolute Gasteiger partial charge is 0.481 e. The van der Waals surface area contributed by atoms with E-state index in [4.69, 9.17) is 0 Å². The van der Waals surface area contributed by atoms with Gasteiger partial charge < -0.3 is 15.3 Å². The molecule has 1 saturated heterocycles. The van der Waals surface area contributed by atoms with Crippen LogP contribution in [0.4, 0.5) is 0 Å². The van der Waals surface area contributed by atoms with E-state index in [1.807, 2.05) is 18.7 Å². The maximum Gasteiger partial charge on any atom is 0.310 e. The number of nitrogens with zero attached hydrogens (tertiary/aromatic N) is 1. The third kappa shape index (κ3) is 3.02. The molecule has 5 nitrogen and oxygen atoms in total. The average molecular weight is 256 g/mol. The number of carboxylic acids is 1. The van der Waals surface area contributed by atoms with Gasteiger partial charge >= 0.3 is 5.97 Å². The fourth-order valence-corrected chi connectivity index (χ4v) is 1.86. The fourth-order valence-electron chi connectivity index (χ4n) is 1.86. The first kappa shape index (κ1) is 15.0. The van der Waals surface area contributed by atoms with Crippen LogP contribution in [-0.2, 0) is 9.59 Å². The van der Waals surface area contributed by atoms with E-state index in [1.165, 1.54) is 0 Å². The van der Waals surface area contributed by atoms with Crippen molar-refractivity contribution in [2.24, 2.45) is 5.41 Å². The van der Waals surface area contributed by atoms with E-state index in [0.717, 1.165) is 25.9 Å². The van der Waals surface area contributed by atoms with Crippen LogP contribution >= 0.6 is 0 Å². The van der Waals surface area contributed by atoms with Crippen LogP contribution in [0.1, 0.15) is 40.5 Å². The lowest BCUT2D eigenvalue weighted by Crippen LogP contribution is -2.57. The van der Waals surface area contributed by atoms with Crippen LogP contribution in [-0.4, -0.2) is 47.1 Å².